The van der Waals surface area contributed by atoms with Crippen LogP contribution in [0.2, 0.25) is 0 Å². The van der Waals surface area contributed by atoms with E-state index >= 15 is 0 Å². The summed E-state index contributed by atoms with van der Waals surface area (Å²) in [6, 6.07) is 78.0. The fraction of sp³-hybridized carbons (Fsp3) is 0.0938. The van der Waals surface area contributed by atoms with Crippen LogP contribution in [0, 0.1) is 0 Å². The minimum absolute atomic E-state index is 0.0687. The van der Waals surface area contributed by atoms with Gasteiger partial charge in [-0.15, -0.1) is 0 Å². The van der Waals surface area contributed by atoms with E-state index in [9.17, 15) is 0 Å². The van der Waals surface area contributed by atoms with Crippen molar-refractivity contribution in [2.45, 2.75) is 38.5 Å². The van der Waals surface area contributed by atoms with E-state index in [4.69, 9.17) is 0 Å². The SMILES string of the molecule is CC1(C)c2ccccc2-c2ccc(-c3ccc(-c4c5ccccc5c(-c5ccc6c(c5)C(C)(C)c5ccccc5-6)c5cc(-c6cccc7ccccc67)ccc45)c4ccccc34)cc21. The second-order valence-electron chi connectivity index (χ2n) is 19.2. The van der Waals surface area contributed by atoms with Gasteiger partial charge in [-0.3, -0.25) is 0 Å². The van der Waals surface area contributed by atoms with Gasteiger partial charge in [0.25, 0.3) is 0 Å². The van der Waals surface area contributed by atoms with Crippen LogP contribution in [-0.2, 0) is 10.8 Å². The van der Waals surface area contributed by atoms with Gasteiger partial charge in [-0.2, -0.15) is 0 Å². The van der Waals surface area contributed by atoms with E-state index in [0.717, 1.165) is 0 Å². The molecule has 2 aliphatic carbocycles. The fourth-order valence-electron chi connectivity index (χ4n) is 11.9. The first-order valence-corrected chi connectivity index (χ1v) is 22.8. The Morgan fingerprint density at radius 1 is 0.234 bits per heavy atom. The number of fused-ring (bicyclic) bond motifs is 10. The molecule has 302 valence electrons. The summed E-state index contributed by atoms with van der Waals surface area (Å²) in [4.78, 5) is 0. The van der Waals surface area contributed by atoms with Crippen LogP contribution in [0.3, 0.4) is 0 Å². The molecule has 0 nitrogen and oxygen atoms in total. The molecule has 0 heterocycles. The average Bonchev–Trinajstić information content (AvgIpc) is 3.71. The Labute approximate surface area is 375 Å². The molecule has 11 aromatic carbocycles. The van der Waals surface area contributed by atoms with Crippen LogP contribution in [0.4, 0.5) is 0 Å². The highest BCUT2D eigenvalue weighted by molar-refractivity contribution is 6.25. The highest BCUT2D eigenvalue weighted by Gasteiger charge is 2.37. The van der Waals surface area contributed by atoms with Crippen molar-refractivity contribution in [3.8, 4) is 66.8 Å². The van der Waals surface area contributed by atoms with E-state index in [0.29, 0.717) is 0 Å². The van der Waals surface area contributed by atoms with Gasteiger partial charge in [0.1, 0.15) is 0 Å². The lowest BCUT2D eigenvalue weighted by atomic mass is 9.79. The molecule has 0 amide bonds. The summed E-state index contributed by atoms with van der Waals surface area (Å²) in [5.74, 6) is 0. The van der Waals surface area contributed by atoms with E-state index in [1.165, 1.54) is 132 Å². The van der Waals surface area contributed by atoms with Gasteiger partial charge >= 0.3 is 0 Å². The maximum atomic E-state index is 2.50. The van der Waals surface area contributed by atoms with Crippen LogP contribution in [-0.4, -0.2) is 0 Å². The molecule has 0 bridgehead atoms. The van der Waals surface area contributed by atoms with Crippen LogP contribution in [0.15, 0.2) is 206 Å². The summed E-state index contributed by atoms with van der Waals surface area (Å²) in [5, 5.41) is 10.1. The van der Waals surface area contributed by atoms with Crippen molar-refractivity contribution in [2.24, 2.45) is 0 Å². The molecule has 11 aromatic rings. The Morgan fingerprint density at radius 3 is 1.33 bits per heavy atom. The van der Waals surface area contributed by atoms with Gasteiger partial charge < -0.3 is 0 Å². The predicted octanol–water partition coefficient (Wildman–Crippen LogP) is 17.6. The van der Waals surface area contributed by atoms with Crippen molar-refractivity contribution < 1.29 is 0 Å². The van der Waals surface area contributed by atoms with Gasteiger partial charge in [0.05, 0.1) is 0 Å². The molecule has 64 heavy (non-hydrogen) atoms. The summed E-state index contributed by atoms with van der Waals surface area (Å²) in [7, 11) is 0. The number of rotatable bonds is 4. The first kappa shape index (κ1) is 37.1. The van der Waals surface area contributed by atoms with Crippen LogP contribution in [0.25, 0.3) is 110 Å². The van der Waals surface area contributed by atoms with Gasteiger partial charge in [-0.1, -0.05) is 216 Å². The van der Waals surface area contributed by atoms with Gasteiger partial charge in [0.2, 0.25) is 0 Å². The van der Waals surface area contributed by atoms with Crippen molar-refractivity contribution >= 4 is 43.1 Å². The zero-order chi connectivity index (χ0) is 42.9. The molecule has 0 saturated carbocycles. The Morgan fingerprint density at radius 2 is 0.641 bits per heavy atom. The van der Waals surface area contributed by atoms with Crippen molar-refractivity contribution in [1.29, 1.82) is 0 Å². The smallest absolute Gasteiger partial charge is 0.0159 e. The van der Waals surface area contributed by atoms with Crippen LogP contribution >= 0.6 is 0 Å². The van der Waals surface area contributed by atoms with E-state index in [1.807, 2.05) is 0 Å². The Balaban J connectivity index is 1.07. The van der Waals surface area contributed by atoms with Crippen LogP contribution in [0.1, 0.15) is 49.9 Å². The minimum atomic E-state index is -0.110. The fourth-order valence-corrected chi connectivity index (χ4v) is 11.9. The molecular formula is C64H46. The standard InChI is InChI=1S/C64H46/c1-63(2)57-26-13-11-21-48(57)50-31-28-41(37-59(50)63)45-34-35-54(47-20-8-7-19-46(45)47)62-53-24-10-9-23-52(53)61(42-30-32-51-49-22-12-14-27-58(49)64(3,4)60(51)38-42)56-36-40(29-33-55(56)62)44-25-15-17-39-16-5-6-18-43(39)44/h5-38H,1-4H3. The largest absolute Gasteiger partial charge is 0.0619 e. The summed E-state index contributed by atoms with van der Waals surface area (Å²) in [6.45, 7) is 9.52. The third-order valence-electron chi connectivity index (χ3n) is 15.1. The van der Waals surface area contributed by atoms with Crippen molar-refractivity contribution in [2.75, 3.05) is 0 Å². The summed E-state index contributed by atoms with van der Waals surface area (Å²) in [6.07, 6.45) is 0. The molecule has 0 spiro atoms. The Kier molecular flexibility index (Phi) is 7.80. The van der Waals surface area contributed by atoms with E-state index in [-0.39, 0.29) is 10.8 Å². The lowest BCUT2D eigenvalue weighted by Crippen LogP contribution is -2.14. The molecule has 0 unspecified atom stereocenters. The molecular weight excluding hydrogens is 769 g/mol. The molecule has 0 fully saturated rings. The lowest BCUT2D eigenvalue weighted by molar-refractivity contribution is 0.660. The van der Waals surface area contributed by atoms with E-state index in [2.05, 4.69) is 234 Å². The molecule has 0 aliphatic heterocycles. The molecule has 0 saturated heterocycles. The molecule has 0 atom stereocenters. The average molecular weight is 815 g/mol. The Bertz CT molecular complexity index is 3770. The second kappa shape index (κ2) is 13.5. The topological polar surface area (TPSA) is 0 Å². The van der Waals surface area contributed by atoms with Gasteiger partial charge in [-0.05, 0) is 150 Å². The normalized spacial score (nSPS) is 14.2. The first-order chi connectivity index (χ1) is 31.3. The quantitative estimate of drug-likeness (QED) is 0.155. The Hall–Kier alpha value is -7.54. The van der Waals surface area contributed by atoms with Crippen LogP contribution < -0.4 is 0 Å². The lowest BCUT2D eigenvalue weighted by Gasteiger charge is -2.24. The monoisotopic (exact) mass is 814 g/mol. The third-order valence-corrected chi connectivity index (χ3v) is 15.1. The number of benzene rings is 11. The van der Waals surface area contributed by atoms with E-state index in [1.54, 1.807) is 0 Å². The molecule has 0 radical (unpaired) electrons. The van der Waals surface area contributed by atoms with Crippen molar-refractivity contribution in [3.63, 3.8) is 0 Å². The molecule has 0 heteroatoms. The summed E-state index contributed by atoms with van der Waals surface area (Å²) < 4.78 is 0. The van der Waals surface area contributed by atoms with Crippen molar-refractivity contribution in [3.05, 3.63) is 229 Å². The molecule has 0 N–H and O–H groups in total. The summed E-state index contributed by atoms with van der Waals surface area (Å²) in [5.41, 5.74) is 20.9. The maximum absolute atomic E-state index is 2.50. The summed E-state index contributed by atoms with van der Waals surface area (Å²) >= 11 is 0. The van der Waals surface area contributed by atoms with Gasteiger partial charge in [0.15, 0.2) is 0 Å². The highest BCUT2D eigenvalue weighted by Crippen LogP contribution is 2.53. The maximum Gasteiger partial charge on any atom is 0.0159 e. The second-order valence-corrected chi connectivity index (χ2v) is 19.2. The zero-order valence-corrected chi connectivity index (χ0v) is 36.6. The first-order valence-electron chi connectivity index (χ1n) is 22.8. The van der Waals surface area contributed by atoms with E-state index < -0.39 is 0 Å². The van der Waals surface area contributed by atoms with Gasteiger partial charge in [-0.25, -0.2) is 0 Å². The molecule has 13 rings (SSSR count). The van der Waals surface area contributed by atoms with Crippen molar-refractivity contribution in [1.82, 2.24) is 0 Å². The third kappa shape index (κ3) is 5.17. The van der Waals surface area contributed by atoms with Gasteiger partial charge in [0, 0.05) is 10.8 Å². The number of hydrogen-bond donors (Lipinski definition) is 0. The predicted molar refractivity (Wildman–Crippen MR) is 273 cm³/mol. The number of hydrogen-bond acceptors (Lipinski definition) is 0. The van der Waals surface area contributed by atoms with Crippen LogP contribution in [0.5, 0.6) is 0 Å². The molecule has 2 aliphatic rings. The molecule has 0 aromatic heterocycles. The minimum Gasteiger partial charge on any atom is -0.0619 e. The highest BCUT2D eigenvalue weighted by atomic mass is 14.4. The zero-order valence-electron chi connectivity index (χ0n) is 36.6.